The Hall–Kier alpha value is -2.83. The monoisotopic (exact) mass is 375 g/mol. The van der Waals surface area contributed by atoms with Gasteiger partial charge in [0.05, 0.1) is 0 Å². The van der Waals surface area contributed by atoms with E-state index in [0.29, 0.717) is 16.9 Å². The number of amides is 1. The molecule has 2 N–H and O–H groups in total. The zero-order valence-electron chi connectivity index (χ0n) is 16.0. The molecule has 0 unspecified atom stereocenters. The average molecular weight is 375 g/mol. The number of rotatable bonds is 8. The van der Waals surface area contributed by atoms with Crippen LogP contribution in [-0.2, 0) is 16.0 Å². The van der Waals surface area contributed by atoms with Crippen molar-refractivity contribution in [3.05, 3.63) is 39.7 Å². The van der Waals surface area contributed by atoms with Crippen LogP contribution in [-0.4, -0.2) is 29.1 Å². The van der Waals surface area contributed by atoms with E-state index in [1.165, 1.54) is 19.9 Å². The Morgan fingerprint density at radius 1 is 1.30 bits per heavy atom. The lowest BCUT2D eigenvalue weighted by Gasteiger charge is -2.18. The quantitative estimate of drug-likeness (QED) is 0.687. The molecule has 1 aromatic heterocycles. The van der Waals surface area contributed by atoms with Crippen molar-refractivity contribution in [3.63, 3.8) is 0 Å². The molecule has 2 rings (SSSR count). The molecule has 27 heavy (non-hydrogen) atoms. The summed E-state index contributed by atoms with van der Waals surface area (Å²) in [7, 11) is 0. The molecule has 2 atom stereocenters. The first kappa shape index (κ1) is 20.5. The van der Waals surface area contributed by atoms with E-state index in [1.54, 1.807) is 13.0 Å². The number of aryl methyl sites for hydroxylation is 2. The van der Waals surface area contributed by atoms with Crippen LogP contribution in [0.25, 0.3) is 11.0 Å². The van der Waals surface area contributed by atoms with Crippen LogP contribution in [0.1, 0.15) is 44.7 Å². The summed E-state index contributed by atoms with van der Waals surface area (Å²) in [5, 5.41) is 12.1. The lowest BCUT2D eigenvalue weighted by atomic mass is 10.0. The number of ether oxygens (including phenoxy) is 1. The van der Waals surface area contributed by atoms with Crippen LogP contribution in [0.3, 0.4) is 0 Å². The van der Waals surface area contributed by atoms with Gasteiger partial charge < -0.3 is 19.6 Å². The van der Waals surface area contributed by atoms with Gasteiger partial charge in [-0.2, -0.15) is 0 Å². The molecule has 0 aliphatic carbocycles. The van der Waals surface area contributed by atoms with Crippen LogP contribution in [0.15, 0.2) is 27.4 Å². The Morgan fingerprint density at radius 2 is 2.00 bits per heavy atom. The van der Waals surface area contributed by atoms with Crippen molar-refractivity contribution in [1.29, 1.82) is 0 Å². The number of carbonyl (C=O) groups is 2. The number of carbonyl (C=O) groups excluding carboxylic acids is 1. The zero-order valence-corrected chi connectivity index (χ0v) is 16.0. The minimum absolute atomic E-state index is 0.406. The topological polar surface area (TPSA) is 106 Å². The van der Waals surface area contributed by atoms with Gasteiger partial charge in [-0.05, 0) is 51.3 Å². The third-order valence-electron chi connectivity index (χ3n) is 4.40. The summed E-state index contributed by atoms with van der Waals surface area (Å²) in [5.74, 6) is -1.26. The maximum absolute atomic E-state index is 12.1. The van der Waals surface area contributed by atoms with Gasteiger partial charge in [-0.1, -0.05) is 13.3 Å². The molecule has 2 aromatic rings. The second kappa shape index (κ2) is 8.70. The number of benzene rings is 1. The van der Waals surface area contributed by atoms with Crippen LogP contribution in [0.5, 0.6) is 5.75 Å². The van der Waals surface area contributed by atoms with Crippen molar-refractivity contribution in [1.82, 2.24) is 5.32 Å². The fourth-order valence-corrected chi connectivity index (χ4v) is 2.75. The van der Waals surface area contributed by atoms with Crippen LogP contribution in [0, 0.1) is 6.92 Å². The highest BCUT2D eigenvalue weighted by atomic mass is 16.5. The number of carboxylic acid groups (broad SMARTS) is 1. The van der Waals surface area contributed by atoms with Gasteiger partial charge in [0, 0.05) is 17.0 Å². The summed E-state index contributed by atoms with van der Waals surface area (Å²) in [5.41, 5.74) is 1.57. The highest BCUT2D eigenvalue weighted by Gasteiger charge is 2.21. The number of carboxylic acids is 1. The van der Waals surface area contributed by atoms with Crippen molar-refractivity contribution in [3.8, 4) is 5.75 Å². The van der Waals surface area contributed by atoms with Crippen molar-refractivity contribution >= 4 is 22.8 Å². The minimum atomic E-state index is -1.13. The van der Waals surface area contributed by atoms with E-state index in [9.17, 15) is 14.4 Å². The van der Waals surface area contributed by atoms with E-state index < -0.39 is 29.6 Å². The van der Waals surface area contributed by atoms with E-state index in [2.05, 4.69) is 12.2 Å². The van der Waals surface area contributed by atoms with Gasteiger partial charge in [-0.25, -0.2) is 4.79 Å². The highest BCUT2D eigenvalue weighted by Crippen LogP contribution is 2.29. The second-order valence-electron chi connectivity index (χ2n) is 6.59. The molecule has 7 heteroatoms. The van der Waals surface area contributed by atoms with Crippen molar-refractivity contribution in [2.45, 2.75) is 59.1 Å². The molecule has 0 aliphatic heterocycles. The van der Waals surface area contributed by atoms with Crippen LogP contribution in [0.2, 0.25) is 0 Å². The Kier molecular flexibility index (Phi) is 6.60. The molecular formula is C20H25NO6. The molecule has 0 bridgehead atoms. The Morgan fingerprint density at radius 3 is 2.63 bits per heavy atom. The average Bonchev–Trinajstić information content (AvgIpc) is 2.62. The van der Waals surface area contributed by atoms with Gasteiger partial charge in [0.15, 0.2) is 6.10 Å². The fraction of sp³-hybridized carbons (Fsp3) is 0.450. The normalized spacial score (nSPS) is 13.2. The van der Waals surface area contributed by atoms with Gasteiger partial charge in [-0.15, -0.1) is 0 Å². The number of hydrogen-bond donors (Lipinski definition) is 2. The minimum Gasteiger partial charge on any atom is -0.480 e. The molecule has 1 amide bonds. The molecule has 0 aliphatic rings. The molecular weight excluding hydrogens is 350 g/mol. The fourth-order valence-electron chi connectivity index (χ4n) is 2.75. The van der Waals surface area contributed by atoms with Gasteiger partial charge in [0.1, 0.15) is 17.4 Å². The van der Waals surface area contributed by atoms with Crippen LogP contribution >= 0.6 is 0 Å². The van der Waals surface area contributed by atoms with Gasteiger partial charge in [0.25, 0.3) is 5.91 Å². The van der Waals surface area contributed by atoms with Crippen LogP contribution < -0.4 is 15.7 Å². The molecule has 0 spiro atoms. The molecule has 0 fully saturated rings. The van der Waals surface area contributed by atoms with E-state index in [0.717, 1.165) is 30.2 Å². The highest BCUT2D eigenvalue weighted by molar-refractivity contribution is 5.87. The van der Waals surface area contributed by atoms with E-state index in [4.69, 9.17) is 14.3 Å². The van der Waals surface area contributed by atoms with Gasteiger partial charge in [-0.3, -0.25) is 9.59 Å². The first-order valence-electron chi connectivity index (χ1n) is 9.00. The van der Waals surface area contributed by atoms with Crippen LogP contribution in [0.4, 0.5) is 0 Å². The summed E-state index contributed by atoms with van der Waals surface area (Å²) < 4.78 is 11.1. The third-order valence-corrected chi connectivity index (χ3v) is 4.40. The summed E-state index contributed by atoms with van der Waals surface area (Å²) in [6.45, 7) is 6.75. The largest absolute Gasteiger partial charge is 0.480 e. The van der Waals surface area contributed by atoms with E-state index in [-0.39, 0.29) is 0 Å². The number of nitrogens with one attached hydrogen (secondary N) is 1. The van der Waals surface area contributed by atoms with E-state index >= 15 is 0 Å². The van der Waals surface area contributed by atoms with Crippen molar-refractivity contribution in [2.75, 3.05) is 0 Å². The molecule has 7 nitrogen and oxygen atoms in total. The first-order chi connectivity index (χ1) is 12.7. The summed E-state index contributed by atoms with van der Waals surface area (Å²) >= 11 is 0. The Bertz CT molecular complexity index is 901. The molecule has 1 aromatic carbocycles. The Balaban J connectivity index is 2.29. The van der Waals surface area contributed by atoms with Gasteiger partial charge in [0.2, 0.25) is 0 Å². The number of fused-ring (bicyclic) bond motifs is 1. The number of aliphatic carboxylic acids is 1. The molecule has 146 valence electrons. The summed E-state index contributed by atoms with van der Waals surface area (Å²) in [6.07, 6.45) is 1.86. The maximum atomic E-state index is 12.1. The van der Waals surface area contributed by atoms with E-state index in [1.807, 2.05) is 6.07 Å². The SMILES string of the molecule is CCCCc1cc(=O)oc2c(C)c(O[C@H](C)C(=O)N[C@@H](C)C(=O)O)ccc12. The van der Waals surface area contributed by atoms with Crippen molar-refractivity contribution in [2.24, 2.45) is 0 Å². The van der Waals surface area contributed by atoms with Crippen molar-refractivity contribution < 1.29 is 23.8 Å². The molecule has 0 saturated heterocycles. The standard InChI is InChI=1S/C20H25NO6/c1-5-6-7-14-10-17(22)27-18-11(2)16(9-8-15(14)18)26-13(4)19(23)21-12(3)20(24)25/h8-10,12-13H,5-7H2,1-4H3,(H,21,23)(H,24,25)/t12-,13+/m0/s1. The lowest BCUT2D eigenvalue weighted by Crippen LogP contribution is -2.44. The molecule has 0 saturated carbocycles. The predicted octanol–water partition coefficient (Wildman–Crippen LogP) is 2.80. The molecule has 1 heterocycles. The smallest absolute Gasteiger partial charge is 0.336 e. The zero-order chi connectivity index (χ0) is 20.1. The summed E-state index contributed by atoms with van der Waals surface area (Å²) in [6, 6.07) is 4.05. The second-order valence-corrected chi connectivity index (χ2v) is 6.59. The first-order valence-corrected chi connectivity index (χ1v) is 9.00. The number of unbranched alkanes of at least 4 members (excludes halogenated alkanes) is 1. The lowest BCUT2D eigenvalue weighted by molar-refractivity contribution is -0.142. The number of hydrogen-bond acceptors (Lipinski definition) is 5. The third kappa shape index (κ3) is 4.87. The maximum Gasteiger partial charge on any atom is 0.336 e. The predicted molar refractivity (Wildman–Crippen MR) is 101 cm³/mol. The Labute approximate surface area is 157 Å². The molecule has 0 radical (unpaired) electrons. The summed E-state index contributed by atoms with van der Waals surface area (Å²) in [4.78, 5) is 34.9. The van der Waals surface area contributed by atoms with Gasteiger partial charge >= 0.3 is 11.6 Å².